The van der Waals surface area contributed by atoms with Gasteiger partial charge in [0.05, 0.1) is 12.2 Å². The summed E-state index contributed by atoms with van der Waals surface area (Å²) in [5, 5.41) is 21.9. The predicted molar refractivity (Wildman–Crippen MR) is 69.2 cm³/mol. The van der Waals surface area contributed by atoms with E-state index < -0.39 is 0 Å². The van der Waals surface area contributed by atoms with Crippen LogP contribution >= 0.6 is 0 Å². The monoisotopic (exact) mass is 264 g/mol. The average Bonchev–Trinajstić information content (AvgIpc) is 3.13. The van der Waals surface area contributed by atoms with Gasteiger partial charge in [-0.25, -0.2) is 4.79 Å². The number of urea groups is 1. The first-order valence-corrected chi connectivity index (χ1v) is 6.91. The maximum Gasteiger partial charge on any atom is 0.315 e. The second kappa shape index (κ2) is 5.21. The molecule has 3 rings (SSSR count). The van der Waals surface area contributed by atoms with Gasteiger partial charge in [0.2, 0.25) is 0 Å². The Labute approximate surface area is 112 Å². The van der Waals surface area contributed by atoms with E-state index in [0.717, 1.165) is 12.1 Å². The lowest BCUT2D eigenvalue weighted by Gasteiger charge is -2.30. The van der Waals surface area contributed by atoms with E-state index in [2.05, 4.69) is 20.8 Å². The van der Waals surface area contributed by atoms with Crippen molar-refractivity contribution in [3.05, 3.63) is 18.0 Å². The number of nitrogens with one attached hydrogen (secondary N) is 3. The van der Waals surface area contributed by atoms with Gasteiger partial charge in [-0.1, -0.05) is 0 Å². The number of amides is 2. The molecule has 0 aromatic carbocycles. The Bertz CT molecular complexity index is 434. The average molecular weight is 264 g/mol. The third-order valence-corrected chi connectivity index (χ3v) is 4.59. The zero-order valence-electron chi connectivity index (χ0n) is 10.8. The largest absolute Gasteiger partial charge is 0.396 e. The molecule has 6 nitrogen and oxygen atoms in total. The van der Waals surface area contributed by atoms with E-state index in [0.29, 0.717) is 18.4 Å². The molecular weight excluding hydrogens is 244 g/mol. The van der Waals surface area contributed by atoms with E-state index in [-0.39, 0.29) is 24.6 Å². The van der Waals surface area contributed by atoms with E-state index >= 15 is 0 Å². The van der Waals surface area contributed by atoms with E-state index in [1.165, 1.54) is 12.8 Å². The topological polar surface area (TPSA) is 90.0 Å². The number of carbonyl (C=O) groups excluding carboxylic acids is 1. The van der Waals surface area contributed by atoms with Crippen molar-refractivity contribution >= 4 is 6.03 Å². The van der Waals surface area contributed by atoms with Gasteiger partial charge in [0.15, 0.2) is 0 Å². The van der Waals surface area contributed by atoms with Crippen LogP contribution in [0.5, 0.6) is 0 Å². The maximum absolute atomic E-state index is 11.9. The summed E-state index contributed by atoms with van der Waals surface area (Å²) >= 11 is 0. The summed E-state index contributed by atoms with van der Waals surface area (Å²) < 4.78 is 0. The maximum atomic E-state index is 11.9. The number of hydrogen-bond donors (Lipinski definition) is 4. The van der Waals surface area contributed by atoms with Crippen molar-refractivity contribution in [2.75, 3.05) is 6.61 Å². The van der Waals surface area contributed by atoms with Crippen LogP contribution in [0.15, 0.2) is 12.3 Å². The number of carbonyl (C=O) groups is 1. The minimum atomic E-state index is -0.161. The van der Waals surface area contributed by atoms with Crippen molar-refractivity contribution in [2.45, 2.75) is 31.8 Å². The number of rotatable bonds is 4. The molecule has 1 aromatic heterocycles. The number of H-pyrrole nitrogens is 1. The van der Waals surface area contributed by atoms with Crippen molar-refractivity contribution in [1.82, 2.24) is 20.8 Å². The molecule has 1 aromatic rings. The van der Waals surface area contributed by atoms with Gasteiger partial charge in [0.1, 0.15) is 0 Å². The molecule has 4 atom stereocenters. The first-order chi connectivity index (χ1) is 9.28. The van der Waals surface area contributed by atoms with Crippen molar-refractivity contribution in [3.63, 3.8) is 0 Å². The van der Waals surface area contributed by atoms with Crippen LogP contribution in [0.2, 0.25) is 0 Å². The van der Waals surface area contributed by atoms with Gasteiger partial charge in [-0.2, -0.15) is 5.10 Å². The molecule has 2 bridgehead atoms. The number of aliphatic hydroxyl groups excluding tert-OH is 1. The molecule has 1 heterocycles. The highest BCUT2D eigenvalue weighted by Gasteiger charge is 2.47. The Morgan fingerprint density at radius 3 is 3.05 bits per heavy atom. The molecule has 2 amide bonds. The number of fused-ring (bicyclic) bond motifs is 2. The second-order valence-electron chi connectivity index (χ2n) is 5.61. The van der Waals surface area contributed by atoms with E-state index in [4.69, 9.17) is 0 Å². The van der Waals surface area contributed by atoms with Crippen molar-refractivity contribution in [2.24, 2.45) is 17.8 Å². The summed E-state index contributed by atoms with van der Waals surface area (Å²) in [4.78, 5) is 11.9. The Hall–Kier alpha value is -1.56. The number of aromatic nitrogens is 2. The molecule has 2 fully saturated rings. The molecule has 0 saturated heterocycles. The molecule has 4 N–H and O–H groups in total. The van der Waals surface area contributed by atoms with Crippen molar-refractivity contribution in [1.29, 1.82) is 0 Å². The normalized spacial score (nSPS) is 32.5. The van der Waals surface area contributed by atoms with Gasteiger partial charge in [0.25, 0.3) is 0 Å². The lowest BCUT2D eigenvalue weighted by molar-refractivity contribution is 0.144. The van der Waals surface area contributed by atoms with E-state index in [1.54, 1.807) is 6.20 Å². The van der Waals surface area contributed by atoms with Crippen LogP contribution in [0.3, 0.4) is 0 Å². The fourth-order valence-corrected chi connectivity index (χ4v) is 3.66. The lowest BCUT2D eigenvalue weighted by atomic mass is 9.85. The number of nitrogens with zero attached hydrogens (tertiary/aromatic N) is 1. The van der Waals surface area contributed by atoms with Crippen LogP contribution in [-0.4, -0.2) is 34.0 Å². The molecule has 6 heteroatoms. The number of aliphatic hydroxyl groups is 1. The van der Waals surface area contributed by atoms with Gasteiger partial charge in [-0.15, -0.1) is 0 Å². The third kappa shape index (κ3) is 2.45. The fraction of sp³-hybridized carbons (Fsp3) is 0.692. The SMILES string of the molecule is O=C(NCc1ccn[nH]1)NC1C2CCC(C2)C1CO. The van der Waals surface area contributed by atoms with Crippen LogP contribution in [0.4, 0.5) is 4.79 Å². The number of hydrogen-bond acceptors (Lipinski definition) is 3. The zero-order chi connectivity index (χ0) is 13.2. The molecule has 2 aliphatic carbocycles. The Kier molecular flexibility index (Phi) is 3.42. The van der Waals surface area contributed by atoms with Gasteiger partial charge in [0, 0.05) is 24.8 Å². The molecule has 104 valence electrons. The zero-order valence-corrected chi connectivity index (χ0v) is 10.8. The lowest BCUT2D eigenvalue weighted by Crippen LogP contribution is -2.48. The Morgan fingerprint density at radius 1 is 1.47 bits per heavy atom. The summed E-state index contributed by atoms with van der Waals surface area (Å²) in [7, 11) is 0. The Balaban J connectivity index is 1.51. The van der Waals surface area contributed by atoms with Crippen LogP contribution in [0, 0.1) is 17.8 Å². The Morgan fingerprint density at radius 2 is 2.32 bits per heavy atom. The summed E-state index contributed by atoms with van der Waals surface area (Å²) in [5.74, 6) is 1.37. The third-order valence-electron chi connectivity index (χ3n) is 4.59. The first-order valence-electron chi connectivity index (χ1n) is 6.91. The summed E-state index contributed by atoms with van der Waals surface area (Å²) in [6.07, 6.45) is 5.18. The minimum absolute atomic E-state index is 0.130. The molecule has 2 saturated carbocycles. The van der Waals surface area contributed by atoms with Crippen LogP contribution in [0.1, 0.15) is 25.0 Å². The quantitative estimate of drug-likeness (QED) is 0.642. The number of aromatic amines is 1. The van der Waals surface area contributed by atoms with Crippen molar-refractivity contribution in [3.8, 4) is 0 Å². The van der Waals surface area contributed by atoms with Crippen LogP contribution < -0.4 is 10.6 Å². The van der Waals surface area contributed by atoms with Crippen LogP contribution in [-0.2, 0) is 6.54 Å². The smallest absolute Gasteiger partial charge is 0.315 e. The fourth-order valence-electron chi connectivity index (χ4n) is 3.66. The molecule has 0 spiro atoms. The molecule has 19 heavy (non-hydrogen) atoms. The van der Waals surface area contributed by atoms with E-state index in [9.17, 15) is 9.90 Å². The summed E-state index contributed by atoms with van der Waals surface area (Å²) in [6.45, 7) is 0.614. The van der Waals surface area contributed by atoms with Gasteiger partial charge in [-0.05, 0) is 37.2 Å². The molecule has 0 radical (unpaired) electrons. The molecule has 2 aliphatic rings. The first kappa shape index (κ1) is 12.5. The second-order valence-corrected chi connectivity index (χ2v) is 5.61. The molecule has 4 unspecified atom stereocenters. The van der Waals surface area contributed by atoms with Crippen molar-refractivity contribution < 1.29 is 9.90 Å². The molecular formula is C13H20N4O2. The minimum Gasteiger partial charge on any atom is -0.396 e. The highest BCUT2D eigenvalue weighted by Crippen LogP contribution is 2.48. The summed E-state index contributed by atoms with van der Waals surface area (Å²) in [5.41, 5.74) is 0.877. The highest BCUT2D eigenvalue weighted by molar-refractivity contribution is 5.74. The van der Waals surface area contributed by atoms with E-state index in [1.807, 2.05) is 6.07 Å². The standard InChI is InChI=1S/C13H20N4O2/c18-7-11-8-1-2-9(5-8)12(11)16-13(19)14-6-10-3-4-15-17-10/h3-4,8-9,11-12,18H,1-2,5-7H2,(H,15,17)(H2,14,16,19). The predicted octanol–water partition coefficient (Wildman–Crippen LogP) is 0.616. The van der Waals surface area contributed by atoms with Gasteiger partial charge >= 0.3 is 6.03 Å². The van der Waals surface area contributed by atoms with Gasteiger partial charge < -0.3 is 15.7 Å². The summed E-state index contributed by atoms with van der Waals surface area (Å²) in [6, 6.07) is 1.80. The van der Waals surface area contributed by atoms with Gasteiger partial charge in [-0.3, -0.25) is 5.10 Å². The van der Waals surface area contributed by atoms with Crippen LogP contribution in [0.25, 0.3) is 0 Å². The highest BCUT2D eigenvalue weighted by atomic mass is 16.3. The molecule has 0 aliphatic heterocycles.